The molecule has 3 nitrogen and oxygen atoms in total. The fraction of sp³-hybridized carbons (Fsp3) is 0.333. The van der Waals surface area contributed by atoms with E-state index in [0.717, 1.165) is 10.9 Å². The quantitative estimate of drug-likeness (QED) is 0.712. The summed E-state index contributed by atoms with van der Waals surface area (Å²) in [5.41, 5.74) is 7.72. The molecule has 0 bridgehead atoms. The number of nitrogen functional groups attached to an aromatic ring is 1. The molecular weight excluding hydrogens is 186 g/mol. The number of hydrogen-bond acceptors (Lipinski definition) is 3. The van der Waals surface area contributed by atoms with Crippen molar-refractivity contribution in [2.45, 2.75) is 26.2 Å². The molecule has 0 amide bonds. The Bertz CT molecular complexity index is 498. The molecule has 2 N–H and O–H groups in total. The van der Waals surface area contributed by atoms with Crippen LogP contribution in [0.1, 0.15) is 26.3 Å². The molecule has 0 aliphatic heterocycles. The molecule has 2 rings (SSSR count). The minimum Gasteiger partial charge on any atom is -0.383 e. The molecule has 0 atom stereocenters. The Hall–Kier alpha value is -1.64. The van der Waals surface area contributed by atoms with Gasteiger partial charge >= 0.3 is 0 Å². The SMILES string of the molecule is CC(C)(C)c1cc2cccnc2nc1N. The van der Waals surface area contributed by atoms with Gasteiger partial charge in [0.15, 0.2) is 5.65 Å². The van der Waals surface area contributed by atoms with E-state index in [2.05, 4.69) is 36.8 Å². The van der Waals surface area contributed by atoms with E-state index in [0.29, 0.717) is 11.5 Å². The van der Waals surface area contributed by atoms with Crippen LogP contribution in [-0.4, -0.2) is 9.97 Å². The number of hydrogen-bond donors (Lipinski definition) is 1. The highest BCUT2D eigenvalue weighted by Crippen LogP contribution is 2.28. The number of nitrogens with zero attached hydrogens (tertiary/aromatic N) is 2. The van der Waals surface area contributed by atoms with Gasteiger partial charge in [0.2, 0.25) is 0 Å². The summed E-state index contributed by atoms with van der Waals surface area (Å²) in [4.78, 5) is 8.48. The third-order valence-electron chi connectivity index (χ3n) is 2.43. The first-order chi connectivity index (χ1) is 6.98. The summed E-state index contributed by atoms with van der Waals surface area (Å²) in [6.07, 6.45) is 1.73. The molecule has 0 aromatic carbocycles. The molecule has 0 spiro atoms. The Morgan fingerprint density at radius 3 is 2.67 bits per heavy atom. The van der Waals surface area contributed by atoms with E-state index in [9.17, 15) is 0 Å². The molecule has 3 heteroatoms. The van der Waals surface area contributed by atoms with Gasteiger partial charge in [-0.05, 0) is 23.6 Å². The second kappa shape index (κ2) is 3.19. The smallest absolute Gasteiger partial charge is 0.161 e. The summed E-state index contributed by atoms with van der Waals surface area (Å²) < 4.78 is 0. The van der Waals surface area contributed by atoms with Gasteiger partial charge in [-0.1, -0.05) is 20.8 Å². The first-order valence-corrected chi connectivity index (χ1v) is 5.00. The second-order valence-corrected chi connectivity index (χ2v) is 4.72. The summed E-state index contributed by atoms with van der Waals surface area (Å²) >= 11 is 0. The van der Waals surface area contributed by atoms with Gasteiger partial charge in [-0.25, -0.2) is 9.97 Å². The van der Waals surface area contributed by atoms with Gasteiger partial charge in [0.1, 0.15) is 5.82 Å². The Morgan fingerprint density at radius 2 is 2.00 bits per heavy atom. The maximum absolute atomic E-state index is 5.92. The zero-order valence-corrected chi connectivity index (χ0v) is 9.28. The van der Waals surface area contributed by atoms with Crippen LogP contribution < -0.4 is 5.73 Å². The average molecular weight is 201 g/mol. The summed E-state index contributed by atoms with van der Waals surface area (Å²) in [7, 11) is 0. The third kappa shape index (κ3) is 1.77. The number of anilines is 1. The van der Waals surface area contributed by atoms with E-state index in [1.807, 2.05) is 12.1 Å². The molecule has 2 aromatic heterocycles. The van der Waals surface area contributed by atoms with E-state index in [1.165, 1.54) is 0 Å². The highest BCUT2D eigenvalue weighted by molar-refractivity contribution is 5.78. The van der Waals surface area contributed by atoms with Crippen LogP contribution in [0.5, 0.6) is 0 Å². The van der Waals surface area contributed by atoms with Crippen molar-refractivity contribution in [1.82, 2.24) is 9.97 Å². The van der Waals surface area contributed by atoms with Crippen molar-refractivity contribution in [3.8, 4) is 0 Å². The Balaban J connectivity index is 2.73. The van der Waals surface area contributed by atoms with Crippen molar-refractivity contribution in [2.24, 2.45) is 0 Å². The lowest BCUT2D eigenvalue weighted by atomic mass is 9.87. The van der Waals surface area contributed by atoms with Crippen LogP contribution in [0.4, 0.5) is 5.82 Å². The molecule has 0 aliphatic carbocycles. The van der Waals surface area contributed by atoms with Crippen molar-refractivity contribution in [1.29, 1.82) is 0 Å². The van der Waals surface area contributed by atoms with Gasteiger partial charge < -0.3 is 5.73 Å². The lowest BCUT2D eigenvalue weighted by Gasteiger charge is -2.20. The highest BCUT2D eigenvalue weighted by atomic mass is 14.9. The minimum atomic E-state index is 0.0150. The lowest BCUT2D eigenvalue weighted by Crippen LogP contribution is -2.15. The van der Waals surface area contributed by atoms with Gasteiger partial charge in [0.05, 0.1) is 0 Å². The molecule has 0 saturated carbocycles. The normalized spacial score (nSPS) is 11.9. The summed E-state index contributed by atoms with van der Waals surface area (Å²) in [6.45, 7) is 6.38. The van der Waals surface area contributed by atoms with Crippen LogP contribution in [0.2, 0.25) is 0 Å². The molecular formula is C12H15N3. The van der Waals surface area contributed by atoms with Crippen molar-refractivity contribution in [2.75, 3.05) is 5.73 Å². The zero-order valence-electron chi connectivity index (χ0n) is 9.28. The van der Waals surface area contributed by atoms with E-state index < -0.39 is 0 Å². The number of nitrogens with two attached hydrogens (primary N) is 1. The Kier molecular flexibility index (Phi) is 2.11. The van der Waals surface area contributed by atoms with E-state index >= 15 is 0 Å². The monoisotopic (exact) mass is 201 g/mol. The number of pyridine rings is 2. The second-order valence-electron chi connectivity index (χ2n) is 4.72. The molecule has 2 heterocycles. The fourth-order valence-corrected chi connectivity index (χ4v) is 1.62. The van der Waals surface area contributed by atoms with Crippen LogP contribution in [0.3, 0.4) is 0 Å². The van der Waals surface area contributed by atoms with Crippen molar-refractivity contribution < 1.29 is 0 Å². The molecule has 0 unspecified atom stereocenters. The predicted molar refractivity (Wildman–Crippen MR) is 62.7 cm³/mol. The first kappa shape index (κ1) is 9.90. The standard InChI is InChI=1S/C12H15N3/c1-12(2,3)9-7-8-5-4-6-14-11(8)15-10(9)13/h4-7H,1-3H3,(H2,13,14,15). The highest BCUT2D eigenvalue weighted by Gasteiger charge is 2.18. The zero-order chi connectivity index (χ0) is 11.1. The maximum Gasteiger partial charge on any atom is 0.161 e. The molecule has 0 saturated heterocycles. The van der Waals surface area contributed by atoms with Crippen LogP contribution >= 0.6 is 0 Å². The van der Waals surface area contributed by atoms with Crippen LogP contribution in [0.15, 0.2) is 24.4 Å². The van der Waals surface area contributed by atoms with Gasteiger partial charge in [-0.3, -0.25) is 0 Å². The molecule has 2 aromatic rings. The molecule has 0 fully saturated rings. The average Bonchev–Trinajstić information content (AvgIpc) is 2.15. The maximum atomic E-state index is 5.92. The van der Waals surface area contributed by atoms with Crippen molar-refractivity contribution in [3.05, 3.63) is 30.0 Å². The van der Waals surface area contributed by atoms with Crippen molar-refractivity contribution in [3.63, 3.8) is 0 Å². The summed E-state index contributed by atoms with van der Waals surface area (Å²) in [6, 6.07) is 5.99. The van der Waals surface area contributed by atoms with E-state index in [1.54, 1.807) is 6.20 Å². The Morgan fingerprint density at radius 1 is 1.27 bits per heavy atom. The molecule has 15 heavy (non-hydrogen) atoms. The van der Waals surface area contributed by atoms with Crippen LogP contribution in [0, 0.1) is 0 Å². The molecule has 0 radical (unpaired) electrons. The number of rotatable bonds is 0. The van der Waals surface area contributed by atoms with Crippen LogP contribution in [-0.2, 0) is 5.41 Å². The lowest BCUT2D eigenvalue weighted by molar-refractivity contribution is 0.591. The van der Waals surface area contributed by atoms with E-state index in [4.69, 9.17) is 5.73 Å². The Labute approximate surface area is 89.4 Å². The van der Waals surface area contributed by atoms with Gasteiger partial charge in [0, 0.05) is 17.1 Å². The number of aromatic nitrogens is 2. The summed E-state index contributed by atoms with van der Waals surface area (Å²) in [5, 5.41) is 1.04. The summed E-state index contributed by atoms with van der Waals surface area (Å²) in [5.74, 6) is 0.578. The van der Waals surface area contributed by atoms with Gasteiger partial charge in [0.25, 0.3) is 0 Å². The third-order valence-corrected chi connectivity index (χ3v) is 2.43. The largest absolute Gasteiger partial charge is 0.383 e. The van der Waals surface area contributed by atoms with Gasteiger partial charge in [-0.2, -0.15) is 0 Å². The molecule has 78 valence electrons. The van der Waals surface area contributed by atoms with Crippen LogP contribution in [0.25, 0.3) is 11.0 Å². The predicted octanol–water partition coefficient (Wildman–Crippen LogP) is 2.51. The first-order valence-electron chi connectivity index (χ1n) is 5.00. The van der Waals surface area contributed by atoms with Gasteiger partial charge in [-0.15, -0.1) is 0 Å². The van der Waals surface area contributed by atoms with E-state index in [-0.39, 0.29) is 5.41 Å². The van der Waals surface area contributed by atoms with Crippen molar-refractivity contribution >= 4 is 16.9 Å². The fourth-order valence-electron chi connectivity index (χ4n) is 1.62. The minimum absolute atomic E-state index is 0.0150. The molecule has 0 aliphatic rings. The topological polar surface area (TPSA) is 51.8 Å². The number of fused-ring (bicyclic) bond motifs is 1.